The fourth-order valence-electron chi connectivity index (χ4n) is 1.84. The molecule has 1 aromatic carbocycles. The molecular weight excluding hydrogens is 254 g/mol. The fourth-order valence-corrected chi connectivity index (χ4v) is 1.84. The predicted molar refractivity (Wildman–Crippen MR) is 72.4 cm³/mol. The van der Waals surface area contributed by atoms with E-state index < -0.39 is 0 Å². The molecule has 0 aliphatic heterocycles. The number of amides is 1. The van der Waals surface area contributed by atoms with Gasteiger partial charge in [-0.2, -0.15) is 5.26 Å². The number of nitrogens with zero attached hydrogens (tertiary/aromatic N) is 5. The predicted octanol–water partition coefficient (Wildman–Crippen LogP) is 1.37. The van der Waals surface area contributed by atoms with Gasteiger partial charge in [0.2, 0.25) is 5.91 Å². The number of benzene rings is 1. The summed E-state index contributed by atoms with van der Waals surface area (Å²) in [6, 6.07) is 11.6. The lowest BCUT2D eigenvalue weighted by Crippen LogP contribution is -2.32. The Morgan fingerprint density at radius 3 is 2.75 bits per heavy atom. The Hall–Kier alpha value is -2.68. The van der Waals surface area contributed by atoms with E-state index in [0.29, 0.717) is 0 Å². The average molecular weight is 269 g/mol. The highest BCUT2D eigenvalue weighted by molar-refractivity contribution is 5.76. The highest BCUT2D eigenvalue weighted by Crippen LogP contribution is 2.18. The molecule has 102 valence electrons. The number of carbonyl (C=O) groups is 1. The molecule has 0 radical (unpaired) electrons. The first-order valence-electron chi connectivity index (χ1n) is 6.22. The van der Waals surface area contributed by atoms with E-state index in [1.165, 1.54) is 11.0 Å². The molecule has 0 aliphatic carbocycles. The van der Waals surface area contributed by atoms with Crippen molar-refractivity contribution in [3.05, 3.63) is 48.0 Å². The maximum absolute atomic E-state index is 12.2. The van der Waals surface area contributed by atoms with Gasteiger partial charge in [0.15, 0.2) is 0 Å². The van der Waals surface area contributed by atoms with Crippen LogP contribution in [-0.4, -0.2) is 32.6 Å². The number of carbonyl (C=O) groups excluding carboxylic acids is 1. The van der Waals surface area contributed by atoms with Crippen LogP contribution in [0.3, 0.4) is 0 Å². The second kappa shape index (κ2) is 5.97. The summed E-state index contributed by atoms with van der Waals surface area (Å²) in [4.78, 5) is 17.6. The van der Waals surface area contributed by atoms with Crippen LogP contribution < -0.4 is 0 Å². The molecule has 1 unspecified atom stereocenters. The lowest BCUT2D eigenvalue weighted by molar-refractivity contribution is -0.132. The third-order valence-corrected chi connectivity index (χ3v) is 3.19. The number of hydrogen-bond donors (Lipinski definition) is 0. The first-order valence-corrected chi connectivity index (χ1v) is 6.22. The normalized spacial score (nSPS) is 11.7. The molecule has 2 rings (SSSR count). The van der Waals surface area contributed by atoms with Gasteiger partial charge in [0.25, 0.3) is 5.82 Å². The van der Waals surface area contributed by atoms with Crippen molar-refractivity contribution in [2.75, 3.05) is 7.05 Å². The SMILES string of the molecule is CC(c1ccccc1)N(C)C(=O)Cn1cnc(C#N)n1. The smallest absolute Gasteiger partial charge is 0.252 e. The van der Waals surface area contributed by atoms with Crippen molar-refractivity contribution in [2.24, 2.45) is 0 Å². The molecule has 0 spiro atoms. The van der Waals surface area contributed by atoms with Gasteiger partial charge in [0.05, 0.1) is 6.04 Å². The molecule has 0 N–H and O–H groups in total. The van der Waals surface area contributed by atoms with Gasteiger partial charge in [-0.05, 0) is 12.5 Å². The first-order chi connectivity index (χ1) is 9.61. The van der Waals surface area contributed by atoms with Crippen molar-refractivity contribution in [1.82, 2.24) is 19.7 Å². The minimum atomic E-state index is -0.0873. The topological polar surface area (TPSA) is 74.8 Å². The van der Waals surface area contributed by atoms with Crippen molar-refractivity contribution in [3.63, 3.8) is 0 Å². The molecule has 2 aromatic rings. The molecule has 0 fully saturated rings. The molecule has 1 atom stereocenters. The average Bonchev–Trinajstić information content (AvgIpc) is 2.94. The van der Waals surface area contributed by atoms with E-state index in [1.807, 2.05) is 43.3 Å². The molecule has 1 aromatic heterocycles. The number of hydrogen-bond acceptors (Lipinski definition) is 4. The van der Waals surface area contributed by atoms with Gasteiger partial charge in [0, 0.05) is 7.05 Å². The van der Waals surface area contributed by atoms with Gasteiger partial charge >= 0.3 is 0 Å². The van der Waals surface area contributed by atoms with Crippen LogP contribution >= 0.6 is 0 Å². The highest BCUT2D eigenvalue weighted by Gasteiger charge is 2.17. The van der Waals surface area contributed by atoms with E-state index >= 15 is 0 Å². The van der Waals surface area contributed by atoms with Crippen molar-refractivity contribution in [1.29, 1.82) is 5.26 Å². The zero-order valence-corrected chi connectivity index (χ0v) is 11.4. The van der Waals surface area contributed by atoms with Gasteiger partial charge in [-0.1, -0.05) is 30.3 Å². The highest BCUT2D eigenvalue weighted by atomic mass is 16.2. The minimum Gasteiger partial charge on any atom is -0.337 e. The fraction of sp³-hybridized carbons (Fsp3) is 0.286. The summed E-state index contributed by atoms with van der Waals surface area (Å²) in [6.07, 6.45) is 1.39. The van der Waals surface area contributed by atoms with Gasteiger partial charge in [-0.15, -0.1) is 5.10 Å². The van der Waals surface area contributed by atoms with E-state index in [-0.39, 0.29) is 24.3 Å². The largest absolute Gasteiger partial charge is 0.337 e. The number of aromatic nitrogens is 3. The monoisotopic (exact) mass is 269 g/mol. The van der Waals surface area contributed by atoms with Crippen LogP contribution in [0.2, 0.25) is 0 Å². The second-order valence-corrected chi connectivity index (χ2v) is 4.47. The van der Waals surface area contributed by atoms with Crippen LogP contribution in [0.15, 0.2) is 36.7 Å². The minimum absolute atomic E-state index is 0.0253. The third kappa shape index (κ3) is 3.01. The van der Waals surface area contributed by atoms with Crippen LogP contribution in [-0.2, 0) is 11.3 Å². The molecule has 20 heavy (non-hydrogen) atoms. The molecule has 1 amide bonds. The summed E-state index contributed by atoms with van der Waals surface area (Å²) in [6.45, 7) is 2.04. The number of nitriles is 1. The van der Waals surface area contributed by atoms with Gasteiger partial charge < -0.3 is 4.90 Å². The van der Waals surface area contributed by atoms with Gasteiger partial charge in [-0.3, -0.25) is 4.79 Å². The molecule has 0 saturated carbocycles. The Balaban J connectivity index is 2.03. The molecule has 0 aliphatic rings. The summed E-state index contributed by atoms with van der Waals surface area (Å²) in [5, 5.41) is 12.5. The third-order valence-electron chi connectivity index (χ3n) is 3.19. The Labute approximate surface area is 117 Å². The van der Waals surface area contributed by atoms with Crippen LogP contribution in [0.25, 0.3) is 0 Å². The van der Waals surface area contributed by atoms with Crippen LogP contribution in [0.1, 0.15) is 24.4 Å². The quantitative estimate of drug-likeness (QED) is 0.840. The van der Waals surface area contributed by atoms with E-state index in [4.69, 9.17) is 5.26 Å². The number of rotatable bonds is 4. The maximum atomic E-state index is 12.2. The second-order valence-electron chi connectivity index (χ2n) is 4.47. The zero-order chi connectivity index (χ0) is 14.5. The lowest BCUT2D eigenvalue weighted by Gasteiger charge is -2.25. The van der Waals surface area contributed by atoms with E-state index in [2.05, 4.69) is 10.1 Å². The lowest BCUT2D eigenvalue weighted by atomic mass is 10.1. The Bertz CT molecular complexity index is 629. The van der Waals surface area contributed by atoms with E-state index in [0.717, 1.165) is 5.56 Å². The summed E-state index contributed by atoms with van der Waals surface area (Å²) in [5.41, 5.74) is 1.07. The molecule has 6 nitrogen and oxygen atoms in total. The first kappa shape index (κ1) is 13.7. The number of likely N-dealkylation sites (N-methyl/N-ethyl adjacent to an activating group) is 1. The standard InChI is InChI=1S/C14H15N5O/c1-11(12-6-4-3-5-7-12)18(2)14(20)9-19-10-16-13(8-15)17-19/h3-7,10-11H,9H2,1-2H3. The summed E-state index contributed by atoms with van der Waals surface area (Å²) < 4.78 is 1.37. The van der Waals surface area contributed by atoms with Crippen LogP contribution in [0.4, 0.5) is 0 Å². The summed E-state index contributed by atoms with van der Waals surface area (Å²) in [7, 11) is 1.75. The molecule has 1 heterocycles. The Morgan fingerprint density at radius 1 is 1.45 bits per heavy atom. The maximum Gasteiger partial charge on any atom is 0.252 e. The summed E-state index contributed by atoms with van der Waals surface area (Å²) >= 11 is 0. The van der Waals surface area contributed by atoms with Crippen molar-refractivity contribution < 1.29 is 4.79 Å². The molecule has 0 bridgehead atoms. The van der Waals surface area contributed by atoms with Crippen LogP contribution in [0, 0.1) is 11.3 Å². The summed E-state index contributed by atoms with van der Waals surface area (Å²) in [5.74, 6) is -0.0210. The van der Waals surface area contributed by atoms with Gasteiger partial charge in [-0.25, -0.2) is 9.67 Å². The molecule has 0 saturated heterocycles. The van der Waals surface area contributed by atoms with E-state index in [9.17, 15) is 4.79 Å². The molecule has 6 heteroatoms. The van der Waals surface area contributed by atoms with Crippen LogP contribution in [0.5, 0.6) is 0 Å². The van der Waals surface area contributed by atoms with Crippen molar-refractivity contribution in [2.45, 2.75) is 19.5 Å². The van der Waals surface area contributed by atoms with Gasteiger partial charge in [0.1, 0.15) is 18.9 Å². The Morgan fingerprint density at radius 2 is 2.15 bits per heavy atom. The Kier molecular flexibility index (Phi) is 4.11. The molecular formula is C14H15N5O. The van der Waals surface area contributed by atoms with Crippen molar-refractivity contribution in [3.8, 4) is 6.07 Å². The zero-order valence-electron chi connectivity index (χ0n) is 11.4. The van der Waals surface area contributed by atoms with E-state index in [1.54, 1.807) is 11.9 Å². The van der Waals surface area contributed by atoms with Crippen molar-refractivity contribution >= 4 is 5.91 Å².